The number of carbonyl (C=O) groups is 1. The summed E-state index contributed by atoms with van der Waals surface area (Å²) in [6.07, 6.45) is 3.28. The third-order valence-electron chi connectivity index (χ3n) is 4.74. The fourth-order valence-electron chi connectivity index (χ4n) is 3.28. The highest BCUT2D eigenvalue weighted by Crippen LogP contribution is 2.40. The van der Waals surface area contributed by atoms with Crippen LogP contribution in [0, 0.1) is 10.1 Å². The summed E-state index contributed by atoms with van der Waals surface area (Å²) in [6.45, 7) is 0.314. The first-order valence-electron chi connectivity index (χ1n) is 9.24. The third kappa shape index (κ3) is 3.53. The van der Waals surface area contributed by atoms with Crippen LogP contribution in [0.5, 0.6) is 11.5 Å². The van der Waals surface area contributed by atoms with Gasteiger partial charge in [-0.2, -0.15) is 0 Å². The molecule has 0 spiro atoms. The second kappa shape index (κ2) is 7.65. The summed E-state index contributed by atoms with van der Waals surface area (Å²) in [4.78, 5) is 34.5. The standard InChI is InChI=1S/C21H14N4O5S/c26-20(14-5-1-2-6-16(14)25(27)28)24(11-13-4-3-7-22-10-13)21-23-15-8-17-18(30-12-29-17)9-19(15)31-21/h1-10H,11-12H2. The number of amides is 1. The maximum absolute atomic E-state index is 13.5. The van der Waals surface area contributed by atoms with Gasteiger partial charge >= 0.3 is 0 Å². The normalized spacial score (nSPS) is 12.1. The van der Waals surface area contributed by atoms with Gasteiger partial charge in [0, 0.05) is 30.6 Å². The van der Waals surface area contributed by atoms with Crippen LogP contribution in [0.4, 0.5) is 10.8 Å². The second-order valence-corrected chi connectivity index (χ2v) is 7.71. The lowest BCUT2D eigenvalue weighted by molar-refractivity contribution is -0.385. The van der Waals surface area contributed by atoms with Crippen molar-refractivity contribution >= 4 is 38.3 Å². The van der Waals surface area contributed by atoms with E-state index in [9.17, 15) is 14.9 Å². The average molecular weight is 434 g/mol. The number of ether oxygens (including phenoxy) is 2. The Hall–Kier alpha value is -4.05. The molecular weight excluding hydrogens is 420 g/mol. The van der Waals surface area contributed by atoms with Crippen LogP contribution in [0.25, 0.3) is 10.2 Å². The number of anilines is 1. The van der Waals surface area contributed by atoms with Crippen molar-refractivity contribution in [3.63, 3.8) is 0 Å². The number of carbonyl (C=O) groups excluding carboxylic acids is 1. The van der Waals surface area contributed by atoms with Crippen molar-refractivity contribution in [1.82, 2.24) is 9.97 Å². The Morgan fingerprint density at radius 1 is 1.16 bits per heavy atom. The van der Waals surface area contributed by atoms with Crippen molar-refractivity contribution < 1.29 is 19.2 Å². The largest absolute Gasteiger partial charge is 0.454 e. The zero-order chi connectivity index (χ0) is 21.4. The van der Waals surface area contributed by atoms with E-state index in [1.54, 1.807) is 30.6 Å². The maximum Gasteiger partial charge on any atom is 0.282 e. The van der Waals surface area contributed by atoms with Crippen molar-refractivity contribution in [3.8, 4) is 11.5 Å². The predicted octanol–water partition coefficient (Wildman–Crippen LogP) is 4.18. The fourth-order valence-corrected chi connectivity index (χ4v) is 4.25. The van der Waals surface area contributed by atoms with Crippen LogP contribution in [0.2, 0.25) is 0 Å². The summed E-state index contributed by atoms with van der Waals surface area (Å²) in [5.41, 5.74) is 1.15. The quantitative estimate of drug-likeness (QED) is 0.343. The fraction of sp³-hybridized carbons (Fsp3) is 0.0952. The summed E-state index contributed by atoms with van der Waals surface area (Å²) in [6, 6.07) is 13.1. The van der Waals surface area contributed by atoms with Gasteiger partial charge in [-0.1, -0.05) is 29.5 Å². The molecule has 0 fully saturated rings. The van der Waals surface area contributed by atoms with E-state index < -0.39 is 10.8 Å². The molecule has 0 aliphatic carbocycles. The van der Waals surface area contributed by atoms with E-state index >= 15 is 0 Å². The number of thiazole rings is 1. The highest BCUT2D eigenvalue weighted by molar-refractivity contribution is 7.22. The van der Waals surface area contributed by atoms with Gasteiger partial charge in [0.25, 0.3) is 11.6 Å². The molecule has 2 aromatic heterocycles. The molecule has 0 saturated heterocycles. The zero-order valence-electron chi connectivity index (χ0n) is 15.9. The van der Waals surface area contributed by atoms with Gasteiger partial charge in [0.05, 0.1) is 21.7 Å². The van der Waals surface area contributed by atoms with Gasteiger partial charge in [-0.05, 0) is 17.7 Å². The van der Waals surface area contributed by atoms with Gasteiger partial charge in [0.15, 0.2) is 16.6 Å². The lowest BCUT2D eigenvalue weighted by Gasteiger charge is -2.20. The van der Waals surface area contributed by atoms with Crippen LogP contribution < -0.4 is 14.4 Å². The monoisotopic (exact) mass is 434 g/mol. The SMILES string of the molecule is O=C(c1ccccc1[N+](=O)[O-])N(Cc1cccnc1)c1nc2cc3c(cc2s1)OCO3. The predicted molar refractivity (Wildman–Crippen MR) is 114 cm³/mol. The molecule has 3 heterocycles. The highest BCUT2D eigenvalue weighted by atomic mass is 32.1. The number of aromatic nitrogens is 2. The molecule has 0 bridgehead atoms. The van der Waals surface area contributed by atoms with E-state index in [0.717, 1.165) is 10.3 Å². The number of fused-ring (bicyclic) bond motifs is 2. The Labute approximate surface area is 179 Å². The smallest absolute Gasteiger partial charge is 0.282 e. The first-order chi connectivity index (χ1) is 15.1. The van der Waals surface area contributed by atoms with E-state index in [4.69, 9.17) is 9.47 Å². The molecule has 10 heteroatoms. The molecule has 1 amide bonds. The number of hydrogen-bond donors (Lipinski definition) is 0. The van der Waals surface area contributed by atoms with Crippen LogP contribution in [0.3, 0.4) is 0 Å². The molecule has 1 aliphatic heterocycles. The summed E-state index contributed by atoms with van der Waals surface area (Å²) in [5, 5.41) is 11.9. The molecule has 9 nitrogen and oxygen atoms in total. The average Bonchev–Trinajstić information content (AvgIpc) is 3.41. The number of rotatable bonds is 5. The van der Waals surface area contributed by atoms with Gasteiger partial charge in [0.1, 0.15) is 5.56 Å². The summed E-state index contributed by atoms with van der Waals surface area (Å²) in [7, 11) is 0. The lowest BCUT2D eigenvalue weighted by Crippen LogP contribution is -2.31. The number of para-hydroxylation sites is 1. The molecular formula is C21H14N4O5S. The third-order valence-corrected chi connectivity index (χ3v) is 5.78. The molecule has 154 valence electrons. The Bertz CT molecular complexity index is 1270. The van der Waals surface area contributed by atoms with Crippen LogP contribution in [0.15, 0.2) is 60.9 Å². The molecule has 2 aromatic carbocycles. The van der Waals surface area contributed by atoms with Crippen LogP contribution in [-0.2, 0) is 6.54 Å². The van der Waals surface area contributed by atoms with Gasteiger partial charge in [-0.15, -0.1) is 0 Å². The minimum atomic E-state index is -0.562. The molecule has 1 aliphatic rings. The number of nitrogens with zero attached hydrogens (tertiary/aromatic N) is 4. The number of pyridine rings is 1. The molecule has 0 unspecified atom stereocenters. The van der Waals surface area contributed by atoms with Gasteiger partial charge in [-0.25, -0.2) is 4.98 Å². The van der Waals surface area contributed by atoms with E-state index in [-0.39, 0.29) is 24.6 Å². The Morgan fingerprint density at radius 2 is 1.97 bits per heavy atom. The molecule has 4 aromatic rings. The van der Waals surface area contributed by atoms with Crippen molar-refractivity contribution in [2.75, 3.05) is 11.7 Å². The summed E-state index contributed by atoms with van der Waals surface area (Å²) < 4.78 is 11.6. The van der Waals surface area contributed by atoms with E-state index in [2.05, 4.69) is 9.97 Å². The number of hydrogen-bond acceptors (Lipinski definition) is 8. The number of benzene rings is 2. The number of nitro benzene ring substituents is 1. The molecule has 0 atom stereocenters. The first-order valence-corrected chi connectivity index (χ1v) is 10.1. The Morgan fingerprint density at radius 3 is 2.74 bits per heavy atom. The van der Waals surface area contributed by atoms with E-state index in [1.165, 1.54) is 34.4 Å². The Kier molecular flexibility index (Phi) is 4.68. The summed E-state index contributed by atoms with van der Waals surface area (Å²) >= 11 is 1.30. The summed E-state index contributed by atoms with van der Waals surface area (Å²) in [5.74, 6) is 0.690. The van der Waals surface area contributed by atoms with Crippen molar-refractivity contribution in [2.45, 2.75) is 6.54 Å². The van der Waals surface area contributed by atoms with Crippen molar-refractivity contribution in [2.24, 2.45) is 0 Å². The topological polar surface area (TPSA) is 108 Å². The second-order valence-electron chi connectivity index (χ2n) is 6.70. The first kappa shape index (κ1) is 18.9. The van der Waals surface area contributed by atoms with Crippen LogP contribution >= 0.6 is 11.3 Å². The van der Waals surface area contributed by atoms with Gasteiger partial charge < -0.3 is 9.47 Å². The molecule has 0 N–H and O–H groups in total. The molecule has 31 heavy (non-hydrogen) atoms. The Balaban J connectivity index is 1.60. The molecule has 0 saturated carbocycles. The minimum absolute atomic E-state index is 0.00944. The van der Waals surface area contributed by atoms with E-state index in [1.807, 2.05) is 12.1 Å². The van der Waals surface area contributed by atoms with E-state index in [0.29, 0.717) is 22.1 Å². The minimum Gasteiger partial charge on any atom is -0.454 e. The van der Waals surface area contributed by atoms with Crippen molar-refractivity contribution in [1.29, 1.82) is 0 Å². The number of nitro groups is 1. The maximum atomic E-state index is 13.5. The van der Waals surface area contributed by atoms with Crippen LogP contribution in [-0.4, -0.2) is 27.6 Å². The van der Waals surface area contributed by atoms with Gasteiger partial charge in [0.2, 0.25) is 6.79 Å². The molecule has 5 rings (SSSR count). The molecule has 0 radical (unpaired) electrons. The van der Waals surface area contributed by atoms with Crippen molar-refractivity contribution in [3.05, 3.63) is 82.2 Å². The van der Waals surface area contributed by atoms with Gasteiger partial charge in [-0.3, -0.25) is 24.8 Å². The zero-order valence-corrected chi connectivity index (χ0v) is 16.7. The highest BCUT2D eigenvalue weighted by Gasteiger charge is 2.28. The van der Waals surface area contributed by atoms with Crippen LogP contribution in [0.1, 0.15) is 15.9 Å². The lowest BCUT2D eigenvalue weighted by atomic mass is 10.1.